The first kappa shape index (κ1) is 29.6. The van der Waals surface area contributed by atoms with Gasteiger partial charge < -0.3 is 21.7 Å². The average molecular weight is 563 g/mol. The molecule has 1 aromatic carbocycles. The van der Waals surface area contributed by atoms with Gasteiger partial charge in [0.2, 0.25) is 11.8 Å². The zero-order chi connectivity index (χ0) is 29.2. The van der Waals surface area contributed by atoms with Gasteiger partial charge in [0.05, 0.1) is 24.7 Å². The van der Waals surface area contributed by atoms with Gasteiger partial charge in [-0.2, -0.15) is 5.10 Å². The van der Waals surface area contributed by atoms with E-state index in [-0.39, 0.29) is 23.2 Å². The second kappa shape index (κ2) is 12.0. The maximum atomic E-state index is 15.1. The number of benzene rings is 1. The molecule has 0 saturated heterocycles. The summed E-state index contributed by atoms with van der Waals surface area (Å²) in [5, 5.41) is 11.9. The normalized spacial score (nSPS) is 17.0. The van der Waals surface area contributed by atoms with E-state index in [2.05, 4.69) is 21.0 Å². The van der Waals surface area contributed by atoms with Crippen LogP contribution in [0.4, 0.5) is 18.9 Å². The summed E-state index contributed by atoms with van der Waals surface area (Å²) < 4.78 is 43.5. The minimum Gasteiger partial charge on any atom is -0.349 e. The molecule has 1 aromatic heterocycles. The number of nitrogens with zero attached hydrogens (tertiary/aromatic N) is 2. The van der Waals surface area contributed by atoms with Crippen molar-refractivity contribution in [2.75, 3.05) is 18.4 Å². The fourth-order valence-electron chi connectivity index (χ4n) is 5.05. The number of carbonyl (C=O) groups excluding carboxylic acids is 3. The standard InChI is InChI=1S/C28H37F3N6O3/c1-15(2)37-22(10-11-34-37)26(39)36-24(23(17-4-5-17)18-6-7-18)27(40)35-21-9-8-19(12-20(21)29)16(3)25(38)33-14-28(30,31)13-32/h8-12,15-18,23-24H,4-7,13-14,32H2,1-3H3,(H,33,38)(H,35,40)(H,36,39). The van der Waals surface area contributed by atoms with Crippen molar-refractivity contribution in [3.05, 3.63) is 47.5 Å². The summed E-state index contributed by atoms with van der Waals surface area (Å²) in [7, 11) is 0. The van der Waals surface area contributed by atoms with Crippen molar-refractivity contribution in [2.45, 2.75) is 70.4 Å². The molecule has 1 heterocycles. The smallest absolute Gasteiger partial charge is 0.277 e. The van der Waals surface area contributed by atoms with E-state index in [0.717, 1.165) is 31.7 Å². The minimum atomic E-state index is -3.24. The van der Waals surface area contributed by atoms with Gasteiger partial charge >= 0.3 is 0 Å². The predicted molar refractivity (Wildman–Crippen MR) is 143 cm³/mol. The molecule has 3 amide bonds. The lowest BCUT2D eigenvalue weighted by molar-refractivity contribution is -0.124. The molecule has 0 radical (unpaired) electrons. The average Bonchev–Trinajstić information content (AvgIpc) is 3.86. The van der Waals surface area contributed by atoms with Gasteiger partial charge in [-0.1, -0.05) is 6.07 Å². The fourth-order valence-corrected chi connectivity index (χ4v) is 5.05. The first-order valence-corrected chi connectivity index (χ1v) is 13.7. The number of nitrogens with two attached hydrogens (primary N) is 1. The van der Waals surface area contributed by atoms with E-state index < -0.39 is 54.5 Å². The van der Waals surface area contributed by atoms with Crippen molar-refractivity contribution >= 4 is 23.4 Å². The Bertz CT molecular complexity index is 1230. The van der Waals surface area contributed by atoms with Crippen LogP contribution in [-0.4, -0.2) is 52.6 Å². The second-order valence-corrected chi connectivity index (χ2v) is 11.2. The van der Waals surface area contributed by atoms with Gasteiger partial charge in [-0.05, 0) is 88.0 Å². The maximum Gasteiger partial charge on any atom is 0.277 e. The lowest BCUT2D eigenvalue weighted by Crippen LogP contribution is -2.50. The highest BCUT2D eigenvalue weighted by Crippen LogP contribution is 2.51. The molecule has 2 aliphatic carbocycles. The van der Waals surface area contributed by atoms with Gasteiger partial charge in [-0.3, -0.25) is 19.1 Å². The first-order chi connectivity index (χ1) is 18.9. The summed E-state index contributed by atoms with van der Waals surface area (Å²) in [6.45, 7) is 3.44. The Kier molecular flexibility index (Phi) is 8.86. The lowest BCUT2D eigenvalue weighted by Gasteiger charge is -2.28. The van der Waals surface area contributed by atoms with Crippen LogP contribution < -0.4 is 21.7 Å². The molecule has 0 aliphatic heterocycles. The molecule has 4 rings (SSSR count). The zero-order valence-corrected chi connectivity index (χ0v) is 22.9. The molecule has 12 heteroatoms. The third-order valence-electron chi connectivity index (χ3n) is 7.64. The Morgan fingerprint density at radius 3 is 2.27 bits per heavy atom. The Balaban J connectivity index is 1.49. The van der Waals surface area contributed by atoms with Crippen LogP contribution >= 0.6 is 0 Å². The van der Waals surface area contributed by atoms with Crippen LogP contribution in [0.3, 0.4) is 0 Å². The van der Waals surface area contributed by atoms with Crippen LogP contribution in [0.1, 0.15) is 74.5 Å². The van der Waals surface area contributed by atoms with E-state index in [1.807, 2.05) is 13.8 Å². The molecule has 218 valence electrons. The maximum absolute atomic E-state index is 15.1. The molecule has 40 heavy (non-hydrogen) atoms. The largest absolute Gasteiger partial charge is 0.349 e. The zero-order valence-electron chi connectivity index (χ0n) is 22.9. The number of aromatic nitrogens is 2. The topological polar surface area (TPSA) is 131 Å². The molecule has 2 atom stereocenters. The molecule has 2 fully saturated rings. The van der Waals surface area contributed by atoms with Gasteiger partial charge in [0.15, 0.2) is 0 Å². The molecule has 5 N–H and O–H groups in total. The SMILES string of the molecule is CC(C(=O)NCC(F)(F)CN)c1ccc(NC(=O)C(NC(=O)c2ccnn2C(C)C)C(C2CC2)C2CC2)c(F)c1. The number of rotatable bonds is 13. The predicted octanol–water partition coefficient (Wildman–Crippen LogP) is 3.59. The Hall–Kier alpha value is -3.41. The van der Waals surface area contributed by atoms with Gasteiger partial charge in [-0.25, -0.2) is 13.2 Å². The monoisotopic (exact) mass is 562 g/mol. The van der Waals surface area contributed by atoms with E-state index >= 15 is 4.39 Å². The highest BCUT2D eigenvalue weighted by Gasteiger charge is 2.48. The van der Waals surface area contributed by atoms with Crippen molar-refractivity contribution in [1.29, 1.82) is 0 Å². The molecular formula is C28H37F3N6O3. The molecule has 2 aromatic rings. The molecule has 2 saturated carbocycles. The molecule has 2 aliphatic rings. The van der Waals surface area contributed by atoms with Crippen LogP contribution in [0.25, 0.3) is 0 Å². The Morgan fingerprint density at radius 2 is 1.73 bits per heavy atom. The summed E-state index contributed by atoms with van der Waals surface area (Å²) in [5.74, 6) is -6.01. The number of carbonyl (C=O) groups is 3. The van der Waals surface area contributed by atoms with Crippen molar-refractivity contribution in [2.24, 2.45) is 23.5 Å². The van der Waals surface area contributed by atoms with E-state index in [4.69, 9.17) is 5.73 Å². The summed E-state index contributed by atoms with van der Waals surface area (Å²) >= 11 is 0. The number of hydrogen-bond acceptors (Lipinski definition) is 5. The summed E-state index contributed by atoms with van der Waals surface area (Å²) in [5.41, 5.74) is 5.48. The first-order valence-electron chi connectivity index (χ1n) is 13.7. The van der Waals surface area contributed by atoms with Crippen LogP contribution in [0.15, 0.2) is 30.5 Å². The second-order valence-electron chi connectivity index (χ2n) is 11.2. The summed E-state index contributed by atoms with van der Waals surface area (Å²) in [6.07, 6.45) is 5.44. The van der Waals surface area contributed by atoms with Gasteiger partial charge in [0.1, 0.15) is 17.6 Å². The van der Waals surface area contributed by atoms with E-state index in [1.165, 1.54) is 25.3 Å². The summed E-state index contributed by atoms with van der Waals surface area (Å²) in [4.78, 5) is 39.2. The van der Waals surface area contributed by atoms with Crippen molar-refractivity contribution in [3.8, 4) is 0 Å². The number of nitrogens with one attached hydrogen (secondary N) is 3. The quantitative estimate of drug-likeness (QED) is 0.296. The van der Waals surface area contributed by atoms with Gasteiger partial charge in [-0.15, -0.1) is 0 Å². The fraction of sp³-hybridized carbons (Fsp3) is 0.571. The third-order valence-corrected chi connectivity index (χ3v) is 7.64. The number of alkyl halides is 2. The Labute approximate surface area is 231 Å². The Morgan fingerprint density at radius 1 is 1.07 bits per heavy atom. The lowest BCUT2D eigenvalue weighted by atomic mass is 9.88. The van der Waals surface area contributed by atoms with Gasteiger partial charge in [0.25, 0.3) is 11.8 Å². The van der Waals surface area contributed by atoms with E-state index in [0.29, 0.717) is 17.5 Å². The molecule has 0 spiro atoms. The number of anilines is 1. The van der Waals surface area contributed by atoms with Crippen LogP contribution in [0, 0.1) is 23.6 Å². The van der Waals surface area contributed by atoms with Crippen LogP contribution in [0.2, 0.25) is 0 Å². The van der Waals surface area contributed by atoms with Crippen molar-refractivity contribution in [3.63, 3.8) is 0 Å². The van der Waals surface area contributed by atoms with Crippen LogP contribution in [0.5, 0.6) is 0 Å². The molecule has 0 bridgehead atoms. The van der Waals surface area contributed by atoms with E-state index in [1.54, 1.807) is 10.7 Å². The van der Waals surface area contributed by atoms with Crippen molar-refractivity contribution < 1.29 is 27.6 Å². The molecular weight excluding hydrogens is 525 g/mol. The van der Waals surface area contributed by atoms with E-state index in [9.17, 15) is 23.2 Å². The number of halogens is 3. The molecule has 2 unspecified atom stereocenters. The third kappa shape index (κ3) is 7.01. The minimum absolute atomic E-state index is 0.0556. The summed E-state index contributed by atoms with van der Waals surface area (Å²) in [6, 6.07) is 4.56. The van der Waals surface area contributed by atoms with Crippen molar-refractivity contribution in [1.82, 2.24) is 20.4 Å². The van der Waals surface area contributed by atoms with Gasteiger partial charge in [0, 0.05) is 12.2 Å². The van der Waals surface area contributed by atoms with Crippen LogP contribution in [-0.2, 0) is 9.59 Å². The number of amides is 3. The number of hydrogen-bond donors (Lipinski definition) is 4. The highest BCUT2D eigenvalue weighted by atomic mass is 19.3. The molecule has 9 nitrogen and oxygen atoms in total. The highest BCUT2D eigenvalue weighted by molar-refractivity contribution is 6.01.